The second-order valence-corrected chi connectivity index (χ2v) is 12.6. The van der Waals surface area contributed by atoms with E-state index in [-0.39, 0.29) is 5.41 Å². The molecule has 0 radical (unpaired) electrons. The Labute approximate surface area is 262 Å². The van der Waals surface area contributed by atoms with Gasteiger partial charge in [0.1, 0.15) is 11.2 Å². The maximum absolute atomic E-state index is 6.32. The summed E-state index contributed by atoms with van der Waals surface area (Å²) in [6.07, 6.45) is 0. The van der Waals surface area contributed by atoms with E-state index in [0.29, 0.717) is 0 Å². The van der Waals surface area contributed by atoms with Gasteiger partial charge in [0.05, 0.1) is 0 Å². The molecule has 1 aromatic heterocycles. The Morgan fingerprint density at radius 1 is 0.467 bits per heavy atom. The zero-order chi connectivity index (χ0) is 30.1. The van der Waals surface area contributed by atoms with Gasteiger partial charge < -0.3 is 9.32 Å². The summed E-state index contributed by atoms with van der Waals surface area (Å²) in [4.78, 5) is 2.33. The van der Waals surface area contributed by atoms with Crippen LogP contribution in [0.4, 0.5) is 17.1 Å². The van der Waals surface area contributed by atoms with E-state index >= 15 is 0 Å². The SMILES string of the molecule is CC1(C)c2ccccc2-c2ccc(-c3ccc(N(c4ccccc4)c4ccc5oc6ccc7ccccc7c6c5c4)cc3)cc21. The molecule has 7 aromatic carbocycles. The highest BCUT2D eigenvalue weighted by Gasteiger charge is 2.35. The molecule has 0 aliphatic heterocycles. The van der Waals surface area contributed by atoms with Crippen molar-refractivity contribution < 1.29 is 4.42 Å². The summed E-state index contributed by atoms with van der Waals surface area (Å²) >= 11 is 0. The number of para-hydroxylation sites is 1. The van der Waals surface area contributed by atoms with Crippen LogP contribution in [0.2, 0.25) is 0 Å². The molecule has 214 valence electrons. The number of hydrogen-bond donors (Lipinski definition) is 0. The maximum atomic E-state index is 6.32. The summed E-state index contributed by atoms with van der Waals surface area (Å²) < 4.78 is 6.32. The molecule has 0 atom stereocenters. The molecule has 0 spiro atoms. The highest BCUT2D eigenvalue weighted by molar-refractivity contribution is 6.19. The molecule has 0 saturated carbocycles. The largest absolute Gasteiger partial charge is 0.456 e. The van der Waals surface area contributed by atoms with Gasteiger partial charge in [0, 0.05) is 33.2 Å². The van der Waals surface area contributed by atoms with Crippen molar-refractivity contribution in [3.63, 3.8) is 0 Å². The molecule has 2 nitrogen and oxygen atoms in total. The van der Waals surface area contributed by atoms with Crippen LogP contribution in [0.1, 0.15) is 25.0 Å². The highest BCUT2D eigenvalue weighted by Crippen LogP contribution is 2.49. The first-order valence-corrected chi connectivity index (χ1v) is 15.6. The Hall–Kier alpha value is -5.60. The summed E-state index contributed by atoms with van der Waals surface area (Å²) in [5.41, 5.74) is 13.1. The van der Waals surface area contributed by atoms with Crippen LogP contribution in [0.5, 0.6) is 0 Å². The van der Waals surface area contributed by atoms with Gasteiger partial charge in [0.2, 0.25) is 0 Å². The minimum absolute atomic E-state index is 0.0206. The van der Waals surface area contributed by atoms with E-state index in [4.69, 9.17) is 4.42 Å². The van der Waals surface area contributed by atoms with Crippen molar-refractivity contribution in [2.45, 2.75) is 19.3 Å². The molecule has 8 aromatic rings. The van der Waals surface area contributed by atoms with Gasteiger partial charge in [-0.3, -0.25) is 0 Å². The molecule has 1 aliphatic carbocycles. The minimum atomic E-state index is -0.0206. The first-order valence-electron chi connectivity index (χ1n) is 15.6. The van der Waals surface area contributed by atoms with Crippen LogP contribution in [0, 0.1) is 0 Å². The lowest BCUT2D eigenvalue weighted by molar-refractivity contribution is 0.660. The zero-order valence-electron chi connectivity index (χ0n) is 25.3. The molecule has 45 heavy (non-hydrogen) atoms. The van der Waals surface area contributed by atoms with Crippen LogP contribution in [0.25, 0.3) is 55.0 Å². The van der Waals surface area contributed by atoms with E-state index in [1.807, 2.05) is 0 Å². The number of anilines is 3. The fourth-order valence-corrected chi connectivity index (χ4v) is 7.39. The second-order valence-electron chi connectivity index (χ2n) is 12.6. The summed E-state index contributed by atoms with van der Waals surface area (Å²) in [6, 6.07) is 54.7. The second kappa shape index (κ2) is 9.70. The van der Waals surface area contributed by atoms with Crippen LogP contribution in [-0.4, -0.2) is 0 Å². The number of hydrogen-bond acceptors (Lipinski definition) is 2. The molecular weight excluding hydrogens is 546 g/mol. The lowest BCUT2D eigenvalue weighted by atomic mass is 9.81. The number of nitrogens with zero attached hydrogens (tertiary/aromatic N) is 1. The molecule has 0 fully saturated rings. The summed E-state index contributed by atoms with van der Waals surface area (Å²) in [5.74, 6) is 0. The van der Waals surface area contributed by atoms with E-state index in [9.17, 15) is 0 Å². The van der Waals surface area contributed by atoms with Gasteiger partial charge >= 0.3 is 0 Å². The van der Waals surface area contributed by atoms with Gasteiger partial charge in [-0.25, -0.2) is 0 Å². The monoisotopic (exact) mass is 577 g/mol. The molecule has 1 aliphatic rings. The molecule has 0 N–H and O–H groups in total. The lowest BCUT2D eigenvalue weighted by Gasteiger charge is -2.26. The van der Waals surface area contributed by atoms with Gasteiger partial charge in [-0.05, 0) is 98.8 Å². The van der Waals surface area contributed by atoms with E-state index in [1.54, 1.807) is 0 Å². The van der Waals surface area contributed by atoms with Crippen LogP contribution in [-0.2, 0) is 5.41 Å². The summed E-state index contributed by atoms with van der Waals surface area (Å²) in [5, 5.41) is 4.71. The van der Waals surface area contributed by atoms with Crippen molar-refractivity contribution in [2.75, 3.05) is 4.90 Å². The van der Waals surface area contributed by atoms with Crippen molar-refractivity contribution >= 4 is 49.8 Å². The summed E-state index contributed by atoms with van der Waals surface area (Å²) in [7, 11) is 0. The molecular formula is C43H31NO. The van der Waals surface area contributed by atoms with E-state index in [0.717, 1.165) is 39.0 Å². The van der Waals surface area contributed by atoms with Crippen molar-refractivity contribution in [3.8, 4) is 22.3 Å². The van der Waals surface area contributed by atoms with Gasteiger partial charge in [-0.15, -0.1) is 0 Å². The average Bonchev–Trinajstić information content (AvgIpc) is 3.58. The van der Waals surface area contributed by atoms with Crippen LogP contribution in [0.15, 0.2) is 156 Å². The van der Waals surface area contributed by atoms with Gasteiger partial charge in [-0.1, -0.05) is 111 Å². The number of fused-ring (bicyclic) bond motifs is 8. The van der Waals surface area contributed by atoms with Crippen molar-refractivity contribution in [2.24, 2.45) is 0 Å². The minimum Gasteiger partial charge on any atom is -0.456 e. The Kier molecular flexibility index (Phi) is 5.58. The fraction of sp³-hybridized carbons (Fsp3) is 0.0698. The third-order valence-corrected chi connectivity index (χ3v) is 9.66. The van der Waals surface area contributed by atoms with E-state index < -0.39 is 0 Å². The third-order valence-electron chi connectivity index (χ3n) is 9.66. The first-order chi connectivity index (χ1) is 22.1. The standard InChI is InChI=1S/C43H31NO/c1-43(2)38-15-9-8-14-35(38)36-23-18-30(26-39(36)43)28-16-20-32(21-17-28)44(31-11-4-3-5-12-31)33-22-25-40-37(27-33)42-34-13-7-6-10-29(34)19-24-41(42)45-40/h3-27H,1-2H3. The highest BCUT2D eigenvalue weighted by atomic mass is 16.3. The third kappa shape index (κ3) is 3.96. The van der Waals surface area contributed by atoms with Crippen LogP contribution < -0.4 is 4.90 Å². The molecule has 0 amide bonds. The molecule has 2 heteroatoms. The maximum Gasteiger partial charge on any atom is 0.136 e. The predicted octanol–water partition coefficient (Wildman–Crippen LogP) is 12.2. The Bertz CT molecular complexity index is 2400. The quantitative estimate of drug-likeness (QED) is 0.207. The smallest absolute Gasteiger partial charge is 0.136 e. The van der Waals surface area contributed by atoms with Crippen LogP contribution >= 0.6 is 0 Å². The normalized spacial score (nSPS) is 13.3. The Balaban J connectivity index is 1.15. The zero-order valence-corrected chi connectivity index (χ0v) is 25.3. The molecule has 0 unspecified atom stereocenters. The van der Waals surface area contributed by atoms with Gasteiger partial charge in [0.25, 0.3) is 0 Å². The topological polar surface area (TPSA) is 16.4 Å². The molecule has 1 heterocycles. The van der Waals surface area contributed by atoms with Crippen molar-refractivity contribution in [1.82, 2.24) is 0 Å². The van der Waals surface area contributed by atoms with E-state index in [2.05, 4.69) is 170 Å². The van der Waals surface area contributed by atoms with E-state index in [1.165, 1.54) is 44.2 Å². The first kappa shape index (κ1) is 25.9. The molecule has 9 rings (SSSR count). The number of benzene rings is 7. The Morgan fingerprint density at radius 2 is 1.13 bits per heavy atom. The van der Waals surface area contributed by atoms with Crippen molar-refractivity contribution in [1.29, 1.82) is 0 Å². The summed E-state index contributed by atoms with van der Waals surface area (Å²) in [6.45, 7) is 4.68. The molecule has 0 saturated heterocycles. The molecule has 0 bridgehead atoms. The Morgan fingerprint density at radius 3 is 2.00 bits per heavy atom. The lowest BCUT2D eigenvalue weighted by Crippen LogP contribution is -2.14. The van der Waals surface area contributed by atoms with Gasteiger partial charge in [0.15, 0.2) is 0 Å². The number of furan rings is 1. The fourth-order valence-electron chi connectivity index (χ4n) is 7.39. The average molecular weight is 578 g/mol. The van der Waals surface area contributed by atoms with Crippen molar-refractivity contribution in [3.05, 3.63) is 163 Å². The van der Waals surface area contributed by atoms with Gasteiger partial charge in [-0.2, -0.15) is 0 Å². The van der Waals surface area contributed by atoms with Crippen LogP contribution in [0.3, 0.4) is 0 Å². The predicted molar refractivity (Wildman–Crippen MR) is 189 cm³/mol. The number of rotatable bonds is 4.